The number of benzene rings is 2. The first-order chi connectivity index (χ1) is 11.3. The molecule has 1 saturated heterocycles. The standard InChI is InChI=1S/C19H17NO3/c21-18(16-11-15(16)13-7-3-1-4-8-13)20-17(12-23-19(20)22)14-9-5-2-6-10-14/h1-10,15-17H,11-12H2/t15?,16?,17-/m0/s1. The van der Waals surface area contributed by atoms with Crippen LogP contribution in [0.5, 0.6) is 0 Å². The molecule has 116 valence electrons. The lowest BCUT2D eigenvalue weighted by atomic mass is 10.1. The molecule has 23 heavy (non-hydrogen) atoms. The number of carbonyl (C=O) groups is 2. The molecule has 2 aromatic carbocycles. The van der Waals surface area contributed by atoms with E-state index >= 15 is 0 Å². The van der Waals surface area contributed by atoms with Crippen molar-refractivity contribution >= 4 is 12.0 Å². The normalized spacial score (nSPS) is 26.0. The zero-order valence-electron chi connectivity index (χ0n) is 12.6. The summed E-state index contributed by atoms with van der Waals surface area (Å²) in [5, 5.41) is 0. The lowest BCUT2D eigenvalue weighted by Crippen LogP contribution is -2.35. The van der Waals surface area contributed by atoms with Crippen molar-refractivity contribution in [2.45, 2.75) is 18.4 Å². The first kappa shape index (κ1) is 14.0. The Bertz CT molecular complexity index is 729. The quantitative estimate of drug-likeness (QED) is 0.871. The molecule has 0 radical (unpaired) electrons. The average Bonchev–Trinajstić information content (AvgIpc) is 3.32. The summed E-state index contributed by atoms with van der Waals surface area (Å²) in [4.78, 5) is 26.2. The largest absolute Gasteiger partial charge is 0.446 e. The number of hydrogen-bond donors (Lipinski definition) is 0. The first-order valence-electron chi connectivity index (χ1n) is 7.85. The molecule has 1 saturated carbocycles. The molecule has 0 spiro atoms. The zero-order valence-corrected chi connectivity index (χ0v) is 12.6. The van der Waals surface area contributed by atoms with E-state index in [1.807, 2.05) is 60.7 Å². The van der Waals surface area contributed by atoms with Crippen LogP contribution in [0.2, 0.25) is 0 Å². The van der Waals surface area contributed by atoms with Gasteiger partial charge in [0.1, 0.15) is 12.6 Å². The minimum atomic E-state index is -0.525. The summed E-state index contributed by atoms with van der Waals surface area (Å²) in [6.07, 6.45) is 0.274. The Hall–Kier alpha value is -2.62. The summed E-state index contributed by atoms with van der Waals surface area (Å²) in [7, 11) is 0. The van der Waals surface area contributed by atoms with Crippen LogP contribution < -0.4 is 0 Å². The Kier molecular flexibility index (Phi) is 3.37. The predicted molar refractivity (Wildman–Crippen MR) is 84.7 cm³/mol. The van der Waals surface area contributed by atoms with Gasteiger partial charge in [-0.1, -0.05) is 60.7 Å². The average molecular weight is 307 g/mol. The smallest absolute Gasteiger partial charge is 0.417 e. The van der Waals surface area contributed by atoms with Gasteiger partial charge in [-0.05, 0) is 23.5 Å². The molecule has 1 aliphatic carbocycles. The monoisotopic (exact) mass is 307 g/mol. The van der Waals surface area contributed by atoms with Crippen LogP contribution in [0.4, 0.5) is 4.79 Å². The Balaban J connectivity index is 1.54. The number of amides is 2. The fourth-order valence-electron chi connectivity index (χ4n) is 3.30. The SMILES string of the molecule is O=C1OC[C@@H](c2ccccc2)N1C(=O)C1CC1c1ccccc1. The van der Waals surface area contributed by atoms with Crippen LogP contribution in [0.3, 0.4) is 0 Å². The van der Waals surface area contributed by atoms with Crippen molar-refractivity contribution in [3.05, 3.63) is 71.8 Å². The minimum absolute atomic E-state index is 0.116. The van der Waals surface area contributed by atoms with Gasteiger partial charge >= 0.3 is 6.09 Å². The van der Waals surface area contributed by atoms with Gasteiger partial charge < -0.3 is 4.74 Å². The van der Waals surface area contributed by atoms with Crippen molar-refractivity contribution in [2.24, 2.45) is 5.92 Å². The van der Waals surface area contributed by atoms with Crippen LogP contribution in [-0.2, 0) is 9.53 Å². The molecule has 1 heterocycles. The fraction of sp³-hybridized carbons (Fsp3) is 0.263. The third kappa shape index (κ3) is 2.50. The van der Waals surface area contributed by atoms with E-state index in [0.717, 1.165) is 17.5 Å². The number of nitrogens with zero attached hydrogens (tertiary/aromatic N) is 1. The highest BCUT2D eigenvalue weighted by atomic mass is 16.6. The van der Waals surface area contributed by atoms with Crippen LogP contribution in [-0.4, -0.2) is 23.5 Å². The highest BCUT2D eigenvalue weighted by molar-refractivity contribution is 5.96. The minimum Gasteiger partial charge on any atom is -0.446 e. The number of hydrogen-bond acceptors (Lipinski definition) is 3. The lowest BCUT2D eigenvalue weighted by Gasteiger charge is -2.20. The summed E-state index contributed by atoms with van der Waals surface area (Å²) in [5.41, 5.74) is 2.10. The van der Waals surface area contributed by atoms with Crippen molar-refractivity contribution in [1.82, 2.24) is 4.90 Å². The van der Waals surface area contributed by atoms with Crippen LogP contribution in [0, 0.1) is 5.92 Å². The predicted octanol–water partition coefficient (Wildman–Crippen LogP) is 3.51. The number of rotatable bonds is 3. The second kappa shape index (κ2) is 5.54. The third-order valence-corrected chi connectivity index (χ3v) is 4.63. The molecule has 4 nitrogen and oxygen atoms in total. The van der Waals surface area contributed by atoms with Crippen LogP contribution in [0.15, 0.2) is 60.7 Å². The highest BCUT2D eigenvalue weighted by Gasteiger charge is 2.50. The van der Waals surface area contributed by atoms with Gasteiger partial charge in [0.15, 0.2) is 0 Å². The Labute approximate surface area is 134 Å². The van der Waals surface area contributed by atoms with Gasteiger partial charge in [-0.25, -0.2) is 9.69 Å². The van der Waals surface area contributed by atoms with Gasteiger partial charge in [-0.15, -0.1) is 0 Å². The molecule has 2 unspecified atom stereocenters. The third-order valence-electron chi connectivity index (χ3n) is 4.63. The molecule has 3 atom stereocenters. The topological polar surface area (TPSA) is 46.6 Å². The Morgan fingerprint density at radius 1 is 0.957 bits per heavy atom. The lowest BCUT2D eigenvalue weighted by molar-refractivity contribution is -0.130. The maximum atomic E-state index is 12.8. The maximum absolute atomic E-state index is 12.8. The van der Waals surface area contributed by atoms with Gasteiger partial charge in [0, 0.05) is 5.92 Å². The van der Waals surface area contributed by atoms with Gasteiger partial charge in [0.2, 0.25) is 5.91 Å². The van der Waals surface area contributed by atoms with Gasteiger partial charge in [0.05, 0.1) is 0 Å². The van der Waals surface area contributed by atoms with Crippen molar-refractivity contribution in [3.8, 4) is 0 Å². The summed E-state index contributed by atoms with van der Waals surface area (Å²) in [6, 6.07) is 19.3. The summed E-state index contributed by atoms with van der Waals surface area (Å²) in [5.74, 6) is -0.0157. The van der Waals surface area contributed by atoms with Crippen molar-refractivity contribution in [3.63, 3.8) is 0 Å². The molecule has 4 heteroatoms. The highest BCUT2D eigenvalue weighted by Crippen LogP contribution is 2.49. The zero-order chi connectivity index (χ0) is 15.8. The molecular weight excluding hydrogens is 290 g/mol. The summed E-state index contributed by atoms with van der Waals surface area (Å²) in [6.45, 7) is 0.233. The van der Waals surface area contributed by atoms with E-state index in [-0.39, 0.29) is 30.4 Å². The number of imide groups is 1. The van der Waals surface area contributed by atoms with Crippen LogP contribution in [0.1, 0.15) is 29.5 Å². The molecule has 2 fully saturated rings. The van der Waals surface area contributed by atoms with E-state index in [0.29, 0.717) is 0 Å². The van der Waals surface area contributed by atoms with Gasteiger partial charge in [-0.3, -0.25) is 4.79 Å². The van der Waals surface area contributed by atoms with E-state index in [1.165, 1.54) is 4.90 Å². The van der Waals surface area contributed by atoms with E-state index < -0.39 is 6.09 Å². The number of carbonyl (C=O) groups excluding carboxylic acids is 2. The summed E-state index contributed by atoms with van der Waals surface area (Å²) < 4.78 is 5.14. The van der Waals surface area contributed by atoms with Crippen molar-refractivity contribution in [1.29, 1.82) is 0 Å². The van der Waals surface area contributed by atoms with E-state index in [2.05, 4.69) is 0 Å². The van der Waals surface area contributed by atoms with E-state index in [9.17, 15) is 9.59 Å². The van der Waals surface area contributed by atoms with Gasteiger partial charge in [0.25, 0.3) is 0 Å². The fourth-order valence-corrected chi connectivity index (χ4v) is 3.30. The molecule has 2 aliphatic rings. The molecule has 2 amide bonds. The van der Waals surface area contributed by atoms with Crippen molar-refractivity contribution in [2.75, 3.05) is 6.61 Å². The summed E-state index contributed by atoms with van der Waals surface area (Å²) >= 11 is 0. The molecule has 0 N–H and O–H groups in total. The molecule has 4 rings (SSSR count). The van der Waals surface area contributed by atoms with Crippen molar-refractivity contribution < 1.29 is 14.3 Å². The van der Waals surface area contributed by atoms with E-state index in [4.69, 9.17) is 4.74 Å². The van der Waals surface area contributed by atoms with Crippen LogP contribution >= 0.6 is 0 Å². The molecule has 0 aromatic heterocycles. The molecule has 0 bridgehead atoms. The first-order valence-corrected chi connectivity index (χ1v) is 7.85. The second-order valence-electron chi connectivity index (χ2n) is 6.07. The number of cyclic esters (lactones) is 1. The van der Waals surface area contributed by atoms with Crippen LogP contribution in [0.25, 0.3) is 0 Å². The second-order valence-corrected chi connectivity index (χ2v) is 6.07. The maximum Gasteiger partial charge on any atom is 0.417 e. The Morgan fingerprint density at radius 2 is 1.57 bits per heavy atom. The molecular formula is C19H17NO3. The molecule has 1 aliphatic heterocycles. The Morgan fingerprint density at radius 3 is 2.22 bits per heavy atom. The number of ether oxygens (including phenoxy) is 1. The van der Waals surface area contributed by atoms with Gasteiger partial charge in [-0.2, -0.15) is 0 Å². The molecule has 2 aromatic rings. The van der Waals surface area contributed by atoms with E-state index in [1.54, 1.807) is 0 Å².